The monoisotopic (exact) mass is 303 g/mol. The van der Waals surface area contributed by atoms with Crippen molar-refractivity contribution in [3.8, 4) is 0 Å². The summed E-state index contributed by atoms with van der Waals surface area (Å²) in [5.74, 6) is -0.872. The molecular weight excluding hydrogens is 278 g/mol. The molecule has 0 saturated heterocycles. The number of methoxy groups -OCH3 is 1. The lowest BCUT2D eigenvalue weighted by molar-refractivity contribution is -0.137. The molecule has 0 rings (SSSR count). The summed E-state index contributed by atoms with van der Waals surface area (Å²) in [6.45, 7) is 3.11. The fourth-order valence-corrected chi connectivity index (χ4v) is 1.52. The van der Waals surface area contributed by atoms with E-state index in [1.807, 2.05) is 6.92 Å². The number of carboxylic acid groups (broad SMARTS) is 1. The molecule has 0 aliphatic heterocycles. The van der Waals surface area contributed by atoms with E-state index < -0.39 is 12.0 Å². The van der Waals surface area contributed by atoms with Crippen molar-refractivity contribution in [2.45, 2.75) is 26.2 Å². The first-order chi connectivity index (χ1) is 9.95. The number of ether oxygens (including phenoxy) is 1. The fraction of sp³-hybridized carbons (Fsp3) is 0.769. The Bertz CT molecular complexity index is 336. The zero-order valence-corrected chi connectivity index (χ0v) is 12.6. The molecule has 0 aromatic carbocycles. The van der Waals surface area contributed by atoms with Gasteiger partial charge in [-0.05, 0) is 18.8 Å². The molecule has 0 saturated carbocycles. The quantitative estimate of drug-likeness (QED) is 0.399. The third kappa shape index (κ3) is 12.9. The van der Waals surface area contributed by atoms with Gasteiger partial charge in [-0.1, -0.05) is 6.92 Å². The maximum Gasteiger partial charge on any atom is 0.315 e. The van der Waals surface area contributed by atoms with Gasteiger partial charge in [0, 0.05) is 26.6 Å². The molecule has 8 nitrogen and oxygen atoms in total. The number of amides is 3. The van der Waals surface area contributed by atoms with E-state index in [9.17, 15) is 14.4 Å². The van der Waals surface area contributed by atoms with E-state index in [0.717, 1.165) is 0 Å². The second-order valence-corrected chi connectivity index (χ2v) is 4.78. The number of carbonyl (C=O) groups excluding carboxylic acids is 2. The minimum atomic E-state index is -0.813. The Morgan fingerprint density at radius 2 is 1.81 bits per heavy atom. The van der Waals surface area contributed by atoms with Crippen molar-refractivity contribution < 1.29 is 24.2 Å². The second kappa shape index (κ2) is 12.0. The van der Waals surface area contributed by atoms with Crippen molar-refractivity contribution in [3.63, 3.8) is 0 Å². The summed E-state index contributed by atoms with van der Waals surface area (Å²) in [7, 11) is 1.54. The molecule has 3 amide bonds. The smallest absolute Gasteiger partial charge is 0.315 e. The predicted octanol–water partition coefficient (Wildman–Crippen LogP) is -0.0608. The minimum Gasteiger partial charge on any atom is -0.481 e. The molecule has 0 aliphatic carbocycles. The number of hydrogen-bond donors (Lipinski definition) is 4. The Hall–Kier alpha value is -1.83. The van der Waals surface area contributed by atoms with Crippen LogP contribution in [0.5, 0.6) is 0 Å². The van der Waals surface area contributed by atoms with Crippen molar-refractivity contribution in [1.29, 1.82) is 0 Å². The van der Waals surface area contributed by atoms with Gasteiger partial charge >= 0.3 is 12.0 Å². The SMILES string of the molecule is COCCNC(=O)CNC(=O)NCCC(C)CCC(=O)O. The lowest BCUT2D eigenvalue weighted by atomic mass is 10.0. The maximum atomic E-state index is 11.4. The van der Waals surface area contributed by atoms with Crippen LogP contribution in [0.25, 0.3) is 0 Å². The van der Waals surface area contributed by atoms with Crippen LogP contribution in [-0.2, 0) is 14.3 Å². The lowest BCUT2D eigenvalue weighted by Crippen LogP contribution is -2.43. The van der Waals surface area contributed by atoms with Crippen LogP contribution < -0.4 is 16.0 Å². The highest BCUT2D eigenvalue weighted by Crippen LogP contribution is 2.08. The first-order valence-electron chi connectivity index (χ1n) is 6.94. The highest BCUT2D eigenvalue weighted by Gasteiger charge is 2.07. The van der Waals surface area contributed by atoms with E-state index in [2.05, 4.69) is 16.0 Å². The van der Waals surface area contributed by atoms with Crippen molar-refractivity contribution in [1.82, 2.24) is 16.0 Å². The van der Waals surface area contributed by atoms with E-state index in [4.69, 9.17) is 9.84 Å². The van der Waals surface area contributed by atoms with Crippen LogP contribution in [0.1, 0.15) is 26.2 Å². The molecule has 0 aromatic heterocycles. The molecule has 0 heterocycles. The summed E-state index contributed by atoms with van der Waals surface area (Å²) < 4.78 is 4.78. The first kappa shape index (κ1) is 19.2. The molecule has 122 valence electrons. The predicted molar refractivity (Wildman–Crippen MR) is 76.9 cm³/mol. The minimum absolute atomic E-state index is 0.0931. The zero-order valence-electron chi connectivity index (χ0n) is 12.6. The van der Waals surface area contributed by atoms with E-state index in [0.29, 0.717) is 32.5 Å². The summed E-state index contributed by atoms with van der Waals surface area (Å²) in [6, 6.07) is -0.415. The van der Waals surface area contributed by atoms with Crippen molar-refractivity contribution in [2.24, 2.45) is 5.92 Å². The number of aliphatic carboxylic acids is 1. The van der Waals surface area contributed by atoms with E-state index in [1.165, 1.54) is 7.11 Å². The Morgan fingerprint density at radius 3 is 2.43 bits per heavy atom. The molecule has 4 N–H and O–H groups in total. The summed E-state index contributed by atoms with van der Waals surface area (Å²) in [4.78, 5) is 33.1. The number of carboxylic acids is 1. The van der Waals surface area contributed by atoms with Crippen molar-refractivity contribution in [3.05, 3.63) is 0 Å². The van der Waals surface area contributed by atoms with Gasteiger partial charge in [-0.15, -0.1) is 0 Å². The van der Waals surface area contributed by atoms with Crippen LogP contribution >= 0.6 is 0 Å². The zero-order chi connectivity index (χ0) is 16.1. The summed E-state index contributed by atoms with van der Waals surface area (Å²) in [5, 5.41) is 16.2. The number of rotatable bonds is 11. The Kier molecular flexibility index (Phi) is 10.9. The Morgan fingerprint density at radius 1 is 1.10 bits per heavy atom. The molecule has 0 aromatic rings. The van der Waals surface area contributed by atoms with Crippen LogP contribution in [0.15, 0.2) is 0 Å². The van der Waals surface area contributed by atoms with Gasteiger partial charge in [-0.3, -0.25) is 9.59 Å². The number of nitrogens with one attached hydrogen (secondary N) is 3. The summed E-state index contributed by atoms with van der Waals surface area (Å²) >= 11 is 0. The standard InChI is InChI=1S/C13H25N3O5/c1-10(3-4-12(18)19)5-6-15-13(20)16-9-11(17)14-7-8-21-2/h10H,3-9H2,1-2H3,(H,14,17)(H,18,19)(H2,15,16,20). The fourth-order valence-electron chi connectivity index (χ4n) is 1.52. The molecule has 0 aliphatic rings. The molecule has 0 spiro atoms. The van der Waals surface area contributed by atoms with Gasteiger partial charge in [0.15, 0.2) is 0 Å². The first-order valence-corrected chi connectivity index (χ1v) is 6.94. The summed E-state index contributed by atoms with van der Waals surface area (Å²) in [5.41, 5.74) is 0. The molecule has 0 bridgehead atoms. The highest BCUT2D eigenvalue weighted by atomic mass is 16.5. The average Bonchev–Trinajstić information content (AvgIpc) is 2.43. The molecule has 1 unspecified atom stereocenters. The van der Waals surface area contributed by atoms with E-state index >= 15 is 0 Å². The third-order valence-electron chi connectivity index (χ3n) is 2.81. The number of hydrogen-bond acceptors (Lipinski definition) is 4. The largest absolute Gasteiger partial charge is 0.481 e. The van der Waals surface area contributed by atoms with Crippen LogP contribution in [0.4, 0.5) is 4.79 Å². The molecule has 21 heavy (non-hydrogen) atoms. The van der Waals surface area contributed by atoms with Gasteiger partial charge in [-0.25, -0.2) is 4.79 Å². The van der Waals surface area contributed by atoms with Crippen LogP contribution in [0, 0.1) is 5.92 Å². The van der Waals surface area contributed by atoms with Gasteiger partial charge in [-0.2, -0.15) is 0 Å². The Balaban J connectivity index is 3.57. The topological polar surface area (TPSA) is 117 Å². The van der Waals surface area contributed by atoms with Gasteiger partial charge in [0.2, 0.25) is 5.91 Å². The van der Waals surface area contributed by atoms with Gasteiger partial charge in [0.1, 0.15) is 0 Å². The van der Waals surface area contributed by atoms with E-state index in [1.54, 1.807) is 0 Å². The van der Waals surface area contributed by atoms with Gasteiger partial charge < -0.3 is 25.8 Å². The van der Waals surface area contributed by atoms with Crippen molar-refractivity contribution >= 4 is 17.9 Å². The molecular formula is C13H25N3O5. The van der Waals surface area contributed by atoms with Crippen molar-refractivity contribution in [2.75, 3.05) is 33.4 Å². The normalized spacial score (nSPS) is 11.5. The maximum absolute atomic E-state index is 11.4. The van der Waals surface area contributed by atoms with Crippen LogP contribution in [0.2, 0.25) is 0 Å². The van der Waals surface area contributed by atoms with Gasteiger partial charge in [0.05, 0.1) is 13.2 Å². The van der Waals surface area contributed by atoms with Gasteiger partial charge in [0.25, 0.3) is 0 Å². The lowest BCUT2D eigenvalue weighted by Gasteiger charge is -2.11. The summed E-state index contributed by atoms with van der Waals surface area (Å²) in [6.07, 6.45) is 1.41. The number of urea groups is 1. The highest BCUT2D eigenvalue weighted by molar-refractivity contribution is 5.83. The Labute approximate surface area is 124 Å². The molecule has 8 heteroatoms. The van der Waals surface area contributed by atoms with E-state index in [-0.39, 0.29) is 24.8 Å². The molecule has 1 atom stereocenters. The van der Waals surface area contributed by atoms with Crippen LogP contribution in [-0.4, -0.2) is 56.4 Å². The molecule has 0 fully saturated rings. The third-order valence-corrected chi connectivity index (χ3v) is 2.81. The number of carbonyl (C=O) groups is 3. The van der Waals surface area contributed by atoms with Crippen LogP contribution in [0.3, 0.4) is 0 Å². The second-order valence-electron chi connectivity index (χ2n) is 4.78. The average molecular weight is 303 g/mol. The molecule has 0 radical (unpaired) electrons.